The normalized spacial score (nSPS) is 24.2. The zero-order valence-electron chi connectivity index (χ0n) is 21.0. The summed E-state index contributed by atoms with van der Waals surface area (Å²) in [4.78, 5) is 0. The Labute approximate surface area is 252 Å². The van der Waals surface area contributed by atoms with Gasteiger partial charge >= 0.3 is 0 Å². The molecule has 4 saturated carbocycles. The van der Waals surface area contributed by atoms with Gasteiger partial charge in [0.2, 0.25) is 0 Å². The molecule has 36 heavy (non-hydrogen) atoms. The summed E-state index contributed by atoms with van der Waals surface area (Å²) in [6, 6.07) is 0. The largest absolute Gasteiger partial charge is 0.0762 e. The maximum absolute atomic E-state index is 2.27. The van der Waals surface area contributed by atoms with E-state index in [1.54, 1.807) is 0 Å². The summed E-state index contributed by atoms with van der Waals surface area (Å²) >= 11 is 0. The van der Waals surface area contributed by atoms with Gasteiger partial charge in [-0.3, -0.25) is 0 Å². The molecule has 0 unspecified atom stereocenters. The van der Waals surface area contributed by atoms with Crippen LogP contribution in [-0.4, -0.2) is 0 Å². The summed E-state index contributed by atoms with van der Waals surface area (Å²) in [5, 5.41) is 0. The Morgan fingerprint density at radius 2 is 0.500 bits per heavy atom. The summed E-state index contributed by atoms with van der Waals surface area (Å²) in [6.45, 7) is 0. The summed E-state index contributed by atoms with van der Waals surface area (Å²) in [6.07, 6.45) is 57.3. The first-order valence-corrected chi connectivity index (χ1v) is 12.7. The van der Waals surface area contributed by atoms with Gasteiger partial charge in [0.25, 0.3) is 0 Å². The first-order valence-electron chi connectivity index (χ1n) is 12.7. The number of rotatable bonds is 0. The topological polar surface area (TPSA) is 0 Å². The van der Waals surface area contributed by atoms with Crippen LogP contribution < -0.4 is 0 Å². The smallest absolute Gasteiger partial charge is 0.0124 e. The molecule has 0 aromatic rings. The van der Waals surface area contributed by atoms with Crippen LogP contribution in [0.3, 0.4) is 0 Å². The monoisotopic (exact) mass is 832 g/mol. The third-order valence-corrected chi connectivity index (χ3v) is 5.76. The van der Waals surface area contributed by atoms with Gasteiger partial charge in [0.1, 0.15) is 0 Å². The van der Waals surface area contributed by atoms with E-state index < -0.39 is 0 Å². The van der Waals surface area contributed by atoms with Crippen molar-refractivity contribution in [2.75, 3.05) is 0 Å². The van der Waals surface area contributed by atoms with Crippen molar-refractivity contribution in [3.63, 3.8) is 0 Å². The van der Waals surface area contributed by atoms with Crippen molar-refractivity contribution in [2.24, 2.45) is 0 Å². The maximum atomic E-state index is 2.27. The average Bonchev–Trinajstić information content (AvgIpc) is 3.49. The van der Waals surface area contributed by atoms with Crippen LogP contribution in [0.25, 0.3) is 0 Å². The zero-order valence-corrected chi connectivity index (χ0v) is 25.8. The fourth-order valence-corrected chi connectivity index (χ4v) is 3.85. The molecule has 6 aliphatic carbocycles. The van der Waals surface area contributed by atoms with E-state index in [-0.39, 0.29) is 40.2 Å². The number of fused-ring (bicyclic) bond motifs is 2. The summed E-state index contributed by atoms with van der Waals surface area (Å²) in [5.74, 6) is 5.32. The minimum Gasteiger partial charge on any atom is -0.0762 e. The Hall–Kier alpha value is 0.259. The number of hydrogen-bond donors (Lipinski definition) is 0. The second-order valence-electron chi connectivity index (χ2n) is 8.50. The molecule has 6 aliphatic rings. The van der Waals surface area contributed by atoms with Crippen LogP contribution in [0, 0.1) is 114 Å². The second-order valence-corrected chi connectivity index (χ2v) is 8.50. The minimum atomic E-state index is 0. The van der Waals surface area contributed by atoms with Gasteiger partial charge in [-0.05, 0) is 141 Å². The van der Waals surface area contributed by atoms with Gasteiger partial charge in [0, 0.05) is 63.9 Å². The Kier molecular flexibility index (Phi) is 22.1. The van der Waals surface area contributed by atoms with Crippen molar-refractivity contribution < 1.29 is 40.2 Å². The van der Waals surface area contributed by atoms with Crippen LogP contribution in [-0.2, 0) is 40.2 Å². The van der Waals surface area contributed by atoms with Gasteiger partial charge < -0.3 is 0 Å². The molecule has 0 saturated heterocycles. The molecule has 0 N–H and O–H groups in total. The van der Waals surface area contributed by atoms with Crippen LogP contribution in [0.2, 0.25) is 0 Å². The molecule has 0 atom stereocenters. The average molecular weight is 831 g/mol. The van der Waals surface area contributed by atoms with Crippen molar-refractivity contribution in [3.8, 4) is 0 Å². The van der Waals surface area contributed by atoms with E-state index in [4.69, 9.17) is 0 Å². The molecular formula is C34H38Ir2. The van der Waals surface area contributed by atoms with Crippen LogP contribution in [0.1, 0.15) is 51.4 Å². The summed E-state index contributed by atoms with van der Waals surface area (Å²) < 4.78 is 0. The van der Waals surface area contributed by atoms with E-state index in [2.05, 4.69) is 138 Å². The van der Waals surface area contributed by atoms with Gasteiger partial charge in [-0.15, -0.1) is 0 Å². The van der Waals surface area contributed by atoms with Crippen molar-refractivity contribution >= 4 is 0 Å². The second kappa shape index (κ2) is 23.2. The van der Waals surface area contributed by atoms with Crippen LogP contribution >= 0.6 is 0 Å². The molecule has 0 aromatic carbocycles. The van der Waals surface area contributed by atoms with Gasteiger partial charge in [-0.25, -0.2) is 0 Å². The van der Waals surface area contributed by atoms with Gasteiger partial charge in [0.15, 0.2) is 0 Å². The van der Waals surface area contributed by atoms with Gasteiger partial charge in [-0.1, -0.05) is 48.6 Å². The van der Waals surface area contributed by atoms with E-state index in [0.29, 0.717) is 0 Å². The third kappa shape index (κ3) is 15.0. The number of allylic oxidation sites excluding steroid dienone is 8. The van der Waals surface area contributed by atoms with Crippen LogP contribution in [0.15, 0.2) is 48.6 Å². The predicted octanol–water partition coefficient (Wildman–Crippen LogP) is 8.53. The van der Waals surface area contributed by atoms with Crippen LogP contribution in [0.5, 0.6) is 0 Å². The fourth-order valence-electron chi connectivity index (χ4n) is 3.85. The van der Waals surface area contributed by atoms with E-state index in [0.717, 1.165) is 0 Å². The zero-order chi connectivity index (χ0) is 23.5. The van der Waals surface area contributed by atoms with Gasteiger partial charge in [-0.2, -0.15) is 0 Å². The Balaban J connectivity index is 0.000000236. The van der Waals surface area contributed by atoms with E-state index >= 15 is 0 Å². The molecule has 4 fully saturated rings. The van der Waals surface area contributed by atoms with Crippen molar-refractivity contribution in [2.45, 2.75) is 51.4 Å². The molecule has 0 aliphatic heterocycles. The molecule has 0 nitrogen and oxygen atoms in total. The SMILES string of the molecule is [CH]1[CH]CC[CH][CH]CC1.[CH]1[CH]CC[CH][CH]CC1.[CH]1[CH][C]2C=CC=C[C]2[CH]1.[CH]1[CH][C]2C=CC=C[C]2[CH]1.[Ir].[Ir]. The Morgan fingerprint density at radius 3 is 0.694 bits per heavy atom. The molecule has 20 radical (unpaired) electrons. The van der Waals surface area contributed by atoms with E-state index in [9.17, 15) is 0 Å². The van der Waals surface area contributed by atoms with E-state index in [1.807, 2.05) is 0 Å². The predicted molar refractivity (Wildman–Crippen MR) is 147 cm³/mol. The standard InChI is InChI=1S/2C9H7.2C8H12.2Ir/c2*1-2-5-9-7-3-6-8(9)4-1;2*1-2-4-6-8-7-5-3-1;;/h2*1-7H;2*1-2,7-8H,3-6H2;;. The first kappa shape index (κ1) is 34.3. The molecule has 2 heteroatoms. The third-order valence-electron chi connectivity index (χ3n) is 5.76. The molecular weight excluding hydrogens is 793 g/mol. The molecule has 0 heterocycles. The molecule has 192 valence electrons. The molecule has 0 spiro atoms. The molecule has 0 bridgehead atoms. The van der Waals surface area contributed by atoms with Crippen molar-refractivity contribution in [3.05, 3.63) is 162 Å². The van der Waals surface area contributed by atoms with Crippen LogP contribution in [0.4, 0.5) is 0 Å². The quantitative estimate of drug-likeness (QED) is 0.230. The first-order chi connectivity index (χ1) is 16.9. The maximum Gasteiger partial charge on any atom is 0.0124 e. The summed E-state index contributed by atoms with van der Waals surface area (Å²) in [7, 11) is 0. The Bertz CT molecular complexity index is 479. The van der Waals surface area contributed by atoms with Crippen molar-refractivity contribution in [1.82, 2.24) is 0 Å². The molecule has 0 aromatic heterocycles. The fraction of sp³-hybridized carbons (Fsp3) is 0.235. The van der Waals surface area contributed by atoms with Crippen molar-refractivity contribution in [1.29, 1.82) is 0 Å². The minimum absolute atomic E-state index is 0. The summed E-state index contributed by atoms with van der Waals surface area (Å²) in [5.41, 5.74) is 0. The number of hydrogen-bond acceptors (Lipinski definition) is 0. The van der Waals surface area contributed by atoms with Gasteiger partial charge in [0.05, 0.1) is 0 Å². The Morgan fingerprint density at radius 1 is 0.306 bits per heavy atom. The van der Waals surface area contributed by atoms with E-state index in [1.165, 1.54) is 75.0 Å². The molecule has 0 amide bonds. The molecule has 6 rings (SSSR count).